The van der Waals surface area contributed by atoms with E-state index in [9.17, 15) is 15.3 Å². The lowest BCUT2D eigenvalue weighted by molar-refractivity contribution is 0.138. The first-order valence-corrected chi connectivity index (χ1v) is 9.20. The fraction of sp³-hybridized carbons (Fsp3) is 1.00. The molecule has 0 aromatic heterocycles. The SMILES string of the molecule is CC1(C)[C@@H]2CC[C@@H](C2)[C@@H]1C[P+](CO)(CO)CO. The number of fused-ring (bicyclic) bond motifs is 2. The average Bonchev–Trinajstić information content (AvgIpc) is 2.88. The highest BCUT2D eigenvalue weighted by Crippen LogP contribution is 2.66. The van der Waals surface area contributed by atoms with E-state index in [0.717, 1.165) is 18.0 Å². The van der Waals surface area contributed by atoms with Crippen LogP contribution in [0.4, 0.5) is 0 Å². The Hall–Kier alpha value is 0.310. The summed E-state index contributed by atoms with van der Waals surface area (Å²) in [7, 11) is -1.93. The Balaban J connectivity index is 2.13. The van der Waals surface area contributed by atoms with E-state index >= 15 is 0 Å². The van der Waals surface area contributed by atoms with Crippen LogP contribution in [-0.2, 0) is 0 Å². The lowest BCUT2D eigenvalue weighted by Gasteiger charge is -2.40. The summed E-state index contributed by atoms with van der Waals surface area (Å²) < 4.78 is 0. The van der Waals surface area contributed by atoms with Crippen molar-refractivity contribution in [2.45, 2.75) is 33.1 Å². The molecule has 0 aliphatic heterocycles. The molecule has 2 bridgehead atoms. The predicted octanol–water partition coefficient (Wildman–Crippen LogP) is 1.93. The normalized spacial score (nSPS) is 35.5. The van der Waals surface area contributed by atoms with E-state index in [4.69, 9.17) is 0 Å². The van der Waals surface area contributed by atoms with Crippen LogP contribution in [-0.4, -0.2) is 40.5 Å². The zero-order chi connectivity index (χ0) is 12.7. The van der Waals surface area contributed by atoms with Crippen LogP contribution < -0.4 is 0 Å². The Labute approximate surface area is 105 Å². The number of rotatable bonds is 5. The van der Waals surface area contributed by atoms with Crippen LogP contribution >= 0.6 is 7.26 Å². The molecule has 0 saturated heterocycles. The monoisotopic (exact) mass is 261 g/mol. The highest BCUT2D eigenvalue weighted by atomic mass is 31.2. The lowest BCUT2D eigenvalue weighted by atomic mass is 9.69. The summed E-state index contributed by atoms with van der Waals surface area (Å²) in [4.78, 5) is 0. The molecule has 2 aliphatic rings. The largest absolute Gasteiger partial charge is 0.362 e. The molecule has 2 fully saturated rings. The Morgan fingerprint density at radius 2 is 1.65 bits per heavy atom. The van der Waals surface area contributed by atoms with Gasteiger partial charge in [0.25, 0.3) is 0 Å². The maximum atomic E-state index is 9.51. The summed E-state index contributed by atoms with van der Waals surface area (Å²) in [5.41, 5.74) is 0.327. The minimum atomic E-state index is -1.93. The molecule has 2 saturated carbocycles. The van der Waals surface area contributed by atoms with Crippen LogP contribution in [0.15, 0.2) is 0 Å². The number of aliphatic hydroxyl groups is 3. The van der Waals surface area contributed by atoms with Crippen LogP contribution in [0.2, 0.25) is 0 Å². The molecule has 100 valence electrons. The van der Waals surface area contributed by atoms with E-state index < -0.39 is 7.26 Å². The van der Waals surface area contributed by atoms with Crippen LogP contribution in [0.1, 0.15) is 33.1 Å². The van der Waals surface area contributed by atoms with Gasteiger partial charge in [-0.2, -0.15) is 0 Å². The van der Waals surface area contributed by atoms with Gasteiger partial charge in [-0.25, -0.2) is 0 Å². The lowest BCUT2D eigenvalue weighted by Crippen LogP contribution is -2.35. The van der Waals surface area contributed by atoms with Gasteiger partial charge in [-0.1, -0.05) is 13.8 Å². The summed E-state index contributed by atoms with van der Waals surface area (Å²) in [6.45, 7) is 4.67. The van der Waals surface area contributed by atoms with Crippen molar-refractivity contribution < 1.29 is 15.3 Å². The van der Waals surface area contributed by atoms with Gasteiger partial charge in [0.1, 0.15) is 0 Å². The second-order valence-corrected chi connectivity index (χ2v) is 10.5. The smallest absolute Gasteiger partial charge is 0.158 e. The first-order chi connectivity index (χ1) is 7.99. The van der Waals surface area contributed by atoms with Crippen molar-refractivity contribution in [3.63, 3.8) is 0 Å². The van der Waals surface area contributed by atoms with E-state index in [1.807, 2.05) is 0 Å². The van der Waals surface area contributed by atoms with Crippen molar-refractivity contribution >= 4 is 7.26 Å². The maximum absolute atomic E-state index is 9.51. The van der Waals surface area contributed by atoms with Gasteiger partial charge < -0.3 is 15.3 Å². The summed E-state index contributed by atoms with van der Waals surface area (Å²) in [5, 5.41) is 28.5. The Morgan fingerprint density at radius 3 is 2.06 bits per heavy atom. The number of hydrogen-bond acceptors (Lipinski definition) is 3. The molecule has 0 spiro atoms. The molecule has 3 N–H and O–H groups in total. The van der Waals surface area contributed by atoms with Gasteiger partial charge in [0.15, 0.2) is 19.0 Å². The van der Waals surface area contributed by atoms with Crippen LogP contribution in [0.5, 0.6) is 0 Å². The van der Waals surface area contributed by atoms with Gasteiger partial charge in [0.2, 0.25) is 0 Å². The van der Waals surface area contributed by atoms with Gasteiger partial charge in [-0.15, -0.1) is 0 Å². The molecule has 4 heteroatoms. The number of hydrogen-bond donors (Lipinski definition) is 3. The fourth-order valence-corrected chi connectivity index (χ4v) is 6.29. The van der Waals surface area contributed by atoms with E-state index in [-0.39, 0.29) is 19.0 Å². The molecule has 0 aromatic carbocycles. The maximum Gasteiger partial charge on any atom is 0.158 e. The van der Waals surface area contributed by atoms with Crippen molar-refractivity contribution in [2.24, 2.45) is 23.2 Å². The zero-order valence-electron chi connectivity index (χ0n) is 11.0. The summed E-state index contributed by atoms with van der Waals surface area (Å²) in [6.07, 6.45) is 4.81. The standard InChI is InChI=1S/C13H26O3P/c1-13(2)11-4-3-10(5-11)12(13)6-17(7-14,8-15)9-16/h10-12,14-16H,3-9H2,1-2H3/q+1/t10-,11+,12-/m0/s1. The minimum Gasteiger partial charge on any atom is -0.362 e. The molecule has 3 nitrogen and oxygen atoms in total. The minimum absolute atomic E-state index is 0.00995. The quantitative estimate of drug-likeness (QED) is 0.663. The van der Waals surface area contributed by atoms with Crippen molar-refractivity contribution in [3.05, 3.63) is 0 Å². The molecule has 2 rings (SSSR count). The van der Waals surface area contributed by atoms with Crippen LogP contribution in [0.3, 0.4) is 0 Å². The van der Waals surface area contributed by atoms with Crippen molar-refractivity contribution in [1.29, 1.82) is 0 Å². The summed E-state index contributed by atoms with van der Waals surface area (Å²) in [5.74, 6) is 2.16. The second kappa shape index (κ2) is 4.77. The van der Waals surface area contributed by atoms with E-state index in [1.165, 1.54) is 19.3 Å². The summed E-state index contributed by atoms with van der Waals surface area (Å²) in [6, 6.07) is 0. The fourth-order valence-electron chi connectivity index (χ4n) is 4.08. The topological polar surface area (TPSA) is 60.7 Å². The summed E-state index contributed by atoms with van der Waals surface area (Å²) >= 11 is 0. The van der Waals surface area contributed by atoms with Crippen LogP contribution in [0, 0.1) is 23.2 Å². The molecule has 0 radical (unpaired) electrons. The molecule has 0 heterocycles. The molecule has 17 heavy (non-hydrogen) atoms. The predicted molar refractivity (Wildman–Crippen MR) is 71.1 cm³/mol. The highest BCUT2D eigenvalue weighted by molar-refractivity contribution is 7.75. The molecule has 0 aromatic rings. The highest BCUT2D eigenvalue weighted by Gasteiger charge is 2.56. The van der Waals surface area contributed by atoms with Crippen molar-refractivity contribution in [1.82, 2.24) is 0 Å². The Kier molecular flexibility index (Phi) is 3.85. The van der Waals surface area contributed by atoms with Gasteiger partial charge >= 0.3 is 0 Å². The molecule has 3 atom stereocenters. The molecular formula is C13H26O3P+. The van der Waals surface area contributed by atoms with E-state index in [1.54, 1.807) is 0 Å². The third-order valence-corrected chi connectivity index (χ3v) is 8.50. The molecular weight excluding hydrogens is 235 g/mol. The first-order valence-electron chi connectivity index (χ1n) is 6.67. The zero-order valence-corrected chi connectivity index (χ0v) is 11.9. The van der Waals surface area contributed by atoms with Crippen molar-refractivity contribution in [3.8, 4) is 0 Å². The third-order valence-electron chi connectivity index (χ3n) is 5.53. The van der Waals surface area contributed by atoms with Gasteiger partial charge in [-0.3, -0.25) is 0 Å². The molecule has 0 unspecified atom stereocenters. The van der Waals surface area contributed by atoms with Crippen molar-refractivity contribution in [2.75, 3.05) is 25.2 Å². The van der Waals surface area contributed by atoms with E-state index in [2.05, 4.69) is 13.8 Å². The Bertz CT molecular complexity index is 268. The molecule has 2 aliphatic carbocycles. The Morgan fingerprint density at radius 1 is 1.06 bits per heavy atom. The molecule has 0 amide bonds. The van der Waals surface area contributed by atoms with E-state index in [0.29, 0.717) is 11.3 Å². The average molecular weight is 261 g/mol. The first kappa shape index (κ1) is 13.7. The second-order valence-electron chi connectivity index (χ2n) is 6.65. The van der Waals surface area contributed by atoms with Gasteiger partial charge in [0.05, 0.1) is 13.4 Å². The van der Waals surface area contributed by atoms with Gasteiger partial charge in [-0.05, 0) is 36.5 Å². The third kappa shape index (κ3) is 2.16. The van der Waals surface area contributed by atoms with Crippen LogP contribution in [0.25, 0.3) is 0 Å². The van der Waals surface area contributed by atoms with Gasteiger partial charge in [0, 0.05) is 5.92 Å². The number of aliphatic hydroxyl groups excluding tert-OH is 3.